The zero-order chi connectivity index (χ0) is 6.97. The van der Waals surface area contributed by atoms with Crippen LogP contribution < -0.4 is 0 Å². The molecule has 1 saturated carbocycles. The van der Waals surface area contributed by atoms with Gasteiger partial charge in [-0.3, -0.25) is 0 Å². The Morgan fingerprint density at radius 1 is 1.70 bits per heavy atom. The van der Waals surface area contributed by atoms with Crippen molar-refractivity contribution >= 4 is 0 Å². The van der Waals surface area contributed by atoms with Crippen LogP contribution in [-0.2, 0) is 6.73 Å². The fourth-order valence-electron chi connectivity index (χ4n) is 1.19. The fraction of sp³-hybridized carbons (Fsp3) is 0.571. The van der Waals surface area contributed by atoms with E-state index in [9.17, 15) is 0 Å². The summed E-state index contributed by atoms with van der Waals surface area (Å²) in [5.41, 5.74) is 1.18. The van der Waals surface area contributed by atoms with Gasteiger partial charge in [0.25, 0.3) is 0 Å². The number of aliphatic hydroxyl groups excluding tert-OH is 1. The molecule has 3 nitrogen and oxygen atoms in total. The quantitative estimate of drug-likeness (QED) is 0.653. The largest absolute Gasteiger partial charge is 0.374 e. The van der Waals surface area contributed by atoms with E-state index in [2.05, 4.69) is 5.10 Å². The van der Waals surface area contributed by atoms with Gasteiger partial charge < -0.3 is 5.11 Å². The second-order valence-corrected chi connectivity index (χ2v) is 2.67. The molecule has 0 aliphatic heterocycles. The van der Waals surface area contributed by atoms with Gasteiger partial charge in [-0.25, -0.2) is 4.68 Å². The molecule has 0 unspecified atom stereocenters. The Morgan fingerprint density at radius 3 is 3.10 bits per heavy atom. The molecule has 3 heteroatoms. The van der Waals surface area contributed by atoms with Crippen molar-refractivity contribution in [2.75, 3.05) is 0 Å². The smallest absolute Gasteiger partial charge is 0.136 e. The molecule has 1 N–H and O–H groups in total. The van der Waals surface area contributed by atoms with Crippen LogP contribution in [0.1, 0.15) is 24.5 Å². The number of rotatable bonds is 2. The van der Waals surface area contributed by atoms with Gasteiger partial charge in [0.2, 0.25) is 0 Å². The Kier molecular flexibility index (Phi) is 1.24. The predicted molar refractivity (Wildman–Crippen MR) is 36.4 cm³/mol. The van der Waals surface area contributed by atoms with Gasteiger partial charge in [0, 0.05) is 17.8 Å². The molecule has 0 saturated heterocycles. The van der Waals surface area contributed by atoms with Crippen LogP contribution in [0, 0.1) is 0 Å². The number of hydrogen-bond donors (Lipinski definition) is 1. The van der Waals surface area contributed by atoms with Gasteiger partial charge in [0.05, 0.1) is 0 Å². The molecule has 1 aromatic heterocycles. The second kappa shape index (κ2) is 2.09. The molecule has 0 bridgehead atoms. The van der Waals surface area contributed by atoms with Crippen LogP contribution in [-0.4, -0.2) is 14.9 Å². The Bertz CT molecular complexity index is 227. The predicted octanol–water partition coefficient (Wildman–Crippen LogP) is 0.710. The van der Waals surface area contributed by atoms with Crippen molar-refractivity contribution < 1.29 is 5.11 Å². The van der Waals surface area contributed by atoms with Crippen molar-refractivity contribution in [3.63, 3.8) is 0 Å². The molecule has 2 rings (SSSR count). The fourth-order valence-corrected chi connectivity index (χ4v) is 1.19. The lowest BCUT2D eigenvalue weighted by molar-refractivity contribution is 0.191. The van der Waals surface area contributed by atoms with Gasteiger partial charge >= 0.3 is 0 Å². The Balaban J connectivity index is 2.28. The molecular formula is C7H10N2O. The Hall–Kier alpha value is -0.830. The van der Waals surface area contributed by atoms with Crippen molar-refractivity contribution in [2.24, 2.45) is 0 Å². The highest BCUT2D eigenvalue weighted by Crippen LogP contribution is 2.39. The minimum atomic E-state index is 0.0127. The van der Waals surface area contributed by atoms with Crippen LogP contribution in [0.25, 0.3) is 0 Å². The highest BCUT2D eigenvalue weighted by molar-refractivity contribution is 5.13. The van der Waals surface area contributed by atoms with Crippen molar-refractivity contribution in [3.8, 4) is 0 Å². The average Bonchev–Trinajstić information content (AvgIpc) is 2.69. The monoisotopic (exact) mass is 138 g/mol. The van der Waals surface area contributed by atoms with E-state index < -0.39 is 0 Å². The van der Waals surface area contributed by atoms with E-state index in [4.69, 9.17) is 5.11 Å². The van der Waals surface area contributed by atoms with Crippen LogP contribution in [0.4, 0.5) is 0 Å². The summed E-state index contributed by atoms with van der Waals surface area (Å²) in [5.74, 6) is 0.676. The maximum Gasteiger partial charge on any atom is 0.136 e. The van der Waals surface area contributed by atoms with E-state index in [0.717, 1.165) is 0 Å². The SMILES string of the molecule is OCn1nccc1C1CC1. The van der Waals surface area contributed by atoms with Crippen LogP contribution in [0.5, 0.6) is 0 Å². The van der Waals surface area contributed by atoms with Crippen molar-refractivity contribution in [2.45, 2.75) is 25.5 Å². The van der Waals surface area contributed by atoms with Crippen LogP contribution in [0.2, 0.25) is 0 Å². The van der Waals surface area contributed by atoms with Gasteiger partial charge in [-0.05, 0) is 18.9 Å². The maximum absolute atomic E-state index is 8.78. The first-order valence-electron chi connectivity index (χ1n) is 3.54. The lowest BCUT2D eigenvalue weighted by Gasteiger charge is -1.99. The highest BCUT2D eigenvalue weighted by Gasteiger charge is 2.26. The summed E-state index contributed by atoms with van der Waals surface area (Å²) in [5, 5.41) is 12.7. The molecular weight excluding hydrogens is 128 g/mol. The van der Waals surface area contributed by atoms with E-state index in [1.807, 2.05) is 6.07 Å². The molecule has 54 valence electrons. The lowest BCUT2D eigenvalue weighted by Crippen LogP contribution is -2.02. The third kappa shape index (κ3) is 0.827. The summed E-state index contributed by atoms with van der Waals surface area (Å²) in [6, 6.07) is 1.98. The summed E-state index contributed by atoms with van der Waals surface area (Å²) in [6.45, 7) is 0.0127. The van der Waals surface area contributed by atoms with Crippen LogP contribution in [0.3, 0.4) is 0 Å². The molecule has 0 spiro atoms. The highest BCUT2D eigenvalue weighted by atomic mass is 16.3. The zero-order valence-electron chi connectivity index (χ0n) is 5.70. The molecule has 1 aliphatic rings. The zero-order valence-corrected chi connectivity index (χ0v) is 5.70. The van der Waals surface area contributed by atoms with Crippen molar-refractivity contribution in [3.05, 3.63) is 18.0 Å². The van der Waals surface area contributed by atoms with Crippen LogP contribution >= 0.6 is 0 Å². The van der Waals surface area contributed by atoms with E-state index >= 15 is 0 Å². The number of nitrogens with zero attached hydrogens (tertiary/aromatic N) is 2. The van der Waals surface area contributed by atoms with E-state index in [1.54, 1.807) is 10.9 Å². The molecule has 1 fully saturated rings. The summed E-state index contributed by atoms with van der Waals surface area (Å²) in [4.78, 5) is 0. The first-order chi connectivity index (χ1) is 4.92. The van der Waals surface area contributed by atoms with E-state index in [1.165, 1.54) is 18.5 Å². The minimum Gasteiger partial charge on any atom is -0.374 e. The van der Waals surface area contributed by atoms with Gasteiger partial charge in [-0.1, -0.05) is 0 Å². The van der Waals surface area contributed by atoms with Crippen molar-refractivity contribution in [1.29, 1.82) is 0 Å². The second-order valence-electron chi connectivity index (χ2n) is 2.67. The molecule has 1 aliphatic carbocycles. The summed E-state index contributed by atoms with van der Waals surface area (Å²) < 4.78 is 1.65. The van der Waals surface area contributed by atoms with Gasteiger partial charge in [0.1, 0.15) is 6.73 Å². The third-order valence-corrected chi connectivity index (χ3v) is 1.88. The summed E-state index contributed by atoms with van der Waals surface area (Å²) >= 11 is 0. The first kappa shape index (κ1) is 5.92. The maximum atomic E-state index is 8.78. The van der Waals surface area contributed by atoms with Gasteiger partial charge in [-0.2, -0.15) is 5.10 Å². The molecule has 0 aromatic carbocycles. The van der Waals surface area contributed by atoms with Gasteiger partial charge in [0.15, 0.2) is 0 Å². The van der Waals surface area contributed by atoms with Gasteiger partial charge in [-0.15, -0.1) is 0 Å². The molecule has 0 atom stereocenters. The number of hydrogen-bond acceptors (Lipinski definition) is 2. The van der Waals surface area contributed by atoms with Crippen molar-refractivity contribution in [1.82, 2.24) is 9.78 Å². The van der Waals surface area contributed by atoms with Crippen LogP contribution in [0.15, 0.2) is 12.3 Å². The third-order valence-electron chi connectivity index (χ3n) is 1.88. The molecule has 1 aromatic rings. The number of aromatic nitrogens is 2. The summed E-state index contributed by atoms with van der Waals surface area (Å²) in [7, 11) is 0. The Morgan fingerprint density at radius 2 is 2.50 bits per heavy atom. The molecule has 0 amide bonds. The first-order valence-corrected chi connectivity index (χ1v) is 3.54. The van der Waals surface area contributed by atoms with E-state index in [0.29, 0.717) is 5.92 Å². The minimum absolute atomic E-state index is 0.0127. The topological polar surface area (TPSA) is 38.0 Å². The van der Waals surface area contributed by atoms with E-state index in [-0.39, 0.29) is 6.73 Å². The standard InChI is InChI=1S/C7H10N2O/c10-5-9-7(3-4-8-9)6-1-2-6/h3-4,6,10H,1-2,5H2. The molecule has 1 heterocycles. The molecule has 0 radical (unpaired) electrons. The normalized spacial score (nSPS) is 17.7. The number of aliphatic hydroxyl groups is 1. The lowest BCUT2D eigenvalue weighted by atomic mass is 10.3. The molecule has 10 heavy (non-hydrogen) atoms. The average molecular weight is 138 g/mol. The summed E-state index contributed by atoms with van der Waals surface area (Å²) in [6.07, 6.45) is 4.25. The Labute approximate surface area is 59.3 Å².